The molecule has 0 aromatic carbocycles. The van der Waals surface area contributed by atoms with Crippen LogP contribution in [0.25, 0.3) is 0 Å². The first-order valence-electron chi connectivity index (χ1n) is 7.90. The Morgan fingerprint density at radius 3 is 3.16 bits per heavy atom. The molecule has 1 unspecified atom stereocenters. The van der Waals surface area contributed by atoms with Crippen molar-refractivity contribution < 1.29 is 13.9 Å². The molecule has 0 N–H and O–H groups in total. The molecule has 1 aliphatic heterocycles. The number of ether oxygens (including phenoxy) is 1. The van der Waals surface area contributed by atoms with Gasteiger partial charge in [0.05, 0.1) is 30.3 Å². The molecule has 0 spiro atoms. The Balaban J connectivity index is 1.35. The number of hydrogen-bond acceptors (Lipinski definition) is 7. The third-order valence-corrected chi connectivity index (χ3v) is 4.06. The third-order valence-electron chi connectivity index (χ3n) is 4.06. The van der Waals surface area contributed by atoms with Gasteiger partial charge in [0.1, 0.15) is 18.6 Å². The largest absolute Gasteiger partial charge is 0.472 e. The summed E-state index contributed by atoms with van der Waals surface area (Å²) < 4.78 is 12.3. The van der Waals surface area contributed by atoms with E-state index in [2.05, 4.69) is 20.3 Å². The monoisotopic (exact) mass is 340 g/mol. The van der Waals surface area contributed by atoms with Crippen LogP contribution in [-0.2, 0) is 6.61 Å². The van der Waals surface area contributed by atoms with Crippen molar-refractivity contribution in [3.8, 4) is 5.88 Å². The van der Waals surface area contributed by atoms with E-state index in [4.69, 9.17) is 9.15 Å². The SMILES string of the molecule is O=C(c1ccoc1)N1CCC(n2cc(COc3cnccn3)nn2)C1. The van der Waals surface area contributed by atoms with E-state index in [0.29, 0.717) is 30.2 Å². The van der Waals surface area contributed by atoms with Gasteiger partial charge in [-0.15, -0.1) is 5.10 Å². The molecule has 128 valence electrons. The highest BCUT2D eigenvalue weighted by Crippen LogP contribution is 2.22. The Morgan fingerprint density at radius 1 is 1.40 bits per heavy atom. The van der Waals surface area contributed by atoms with Crippen LogP contribution in [0.4, 0.5) is 0 Å². The normalized spacial score (nSPS) is 17.0. The third kappa shape index (κ3) is 3.35. The Kier molecular flexibility index (Phi) is 4.11. The quantitative estimate of drug-likeness (QED) is 0.691. The van der Waals surface area contributed by atoms with Gasteiger partial charge in [-0.25, -0.2) is 9.67 Å². The van der Waals surface area contributed by atoms with Crippen molar-refractivity contribution in [1.82, 2.24) is 29.9 Å². The number of likely N-dealkylation sites (tertiary alicyclic amines) is 1. The molecule has 9 heteroatoms. The summed E-state index contributed by atoms with van der Waals surface area (Å²) >= 11 is 0. The molecule has 0 bridgehead atoms. The predicted octanol–water partition coefficient (Wildman–Crippen LogP) is 1.33. The van der Waals surface area contributed by atoms with E-state index in [1.165, 1.54) is 12.5 Å². The molecule has 0 aliphatic carbocycles. The molecule has 4 heterocycles. The minimum absolute atomic E-state index is 0.0254. The zero-order chi connectivity index (χ0) is 17.1. The summed E-state index contributed by atoms with van der Waals surface area (Å²) in [6.45, 7) is 1.54. The van der Waals surface area contributed by atoms with Crippen molar-refractivity contribution in [2.45, 2.75) is 19.1 Å². The summed E-state index contributed by atoms with van der Waals surface area (Å²) in [7, 11) is 0. The first-order chi connectivity index (χ1) is 12.3. The lowest BCUT2D eigenvalue weighted by Crippen LogP contribution is -2.28. The number of carbonyl (C=O) groups excluding carboxylic acids is 1. The van der Waals surface area contributed by atoms with E-state index in [1.807, 2.05) is 6.20 Å². The van der Waals surface area contributed by atoms with Crippen LogP contribution in [0.1, 0.15) is 28.5 Å². The van der Waals surface area contributed by atoms with Crippen molar-refractivity contribution in [2.75, 3.05) is 13.1 Å². The molecule has 1 atom stereocenters. The maximum Gasteiger partial charge on any atom is 0.257 e. The summed E-state index contributed by atoms with van der Waals surface area (Å²) in [5, 5.41) is 8.28. The summed E-state index contributed by atoms with van der Waals surface area (Å²) in [5.74, 6) is 0.414. The van der Waals surface area contributed by atoms with Crippen molar-refractivity contribution in [3.05, 3.63) is 54.6 Å². The fourth-order valence-corrected chi connectivity index (χ4v) is 2.78. The Labute approximate surface area is 143 Å². The topological polar surface area (TPSA) is 99.2 Å². The van der Waals surface area contributed by atoms with E-state index in [-0.39, 0.29) is 18.6 Å². The molecule has 0 radical (unpaired) electrons. The lowest BCUT2D eigenvalue weighted by Gasteiger charge is -2.15. The van der Waals surface area contributed by atoms with Gasteiger partial charge in [-0.05, 0) is 12.5 Å². The molecular formula is C16H16N6O3. The number of nitrogens with zero attached hydrogens (tertiary/aromatic N) is 6. The first-order valence-corrected chi connectivity index (χ1v) is 7.90. The molecule has 0 saturated carbocycles. The molecule has 3 aromatic heterocycles. The fraction of sp³-hybridized carbons (Fsp3) is 0.312. The number of amides is 1. The lowest BCUT2D eigenvalue weighted by molar-refractivity contribution is 0.0786. The second-order valence-corrected chi connectivity index (χ2v) is 5.73. The van der Waals surface area contributed by atoms with Gasteiger partial charge in [0, 0.05) is 25.5 Å². The molecule has 1 saturated heterocycles. The van der Waals surface area contributed by atoms with Crippen LogP contribution in [0, 0.1) is 0 Å². The van der Waals surface area contributed by atoms with Crippen molar-refractivity contribution >= 4 is 5.91 Å². The maximum atomic E-state index is 12.3. The summed E-state index contributed by atoms with van der Waals surface area (Å²) in [5.41, 5.74) is 1.27. The first kappa shape index (κ1) is 15.3. The van der Waals surface area contributed by atoms with E-state index in [9.17, 15) is 4.79 Å². The highest BCUT2D eigenvalue weighted by Gasteiger charge is 2.29. The fourth-order valence-electron chi connectivity index (χ4n) is 2.78. The van der Waals surface area contributed by atoms with Gasteiger partial charge in [-0.1, -0.05) is 5.21 Å². The molecule has 4 rings (SSSR count). The van der Waals surface area contributed by atoms with Crippen LogP contribution in [0.2, 0.25) is 0 Å². The Hall–Kier alpha value is -3.23. The van der Waals surface area contributed by atoms with Gasteiger partial charge in [0.25, 0.3) is 5.91 Å². The van der Waals surface area contributed by atoms with Crippen molar-refractivity contribution in [3.63, 3.8) is 0 Å². The Morgan fingerprint density at radius 2 is 2.36 bits per heavy atom. The second-order valence-electron chi connectivity index (χ2n) is 5.73. The van der Waals surface area contributed by atoms with Gasteiger partial charge in [0.15, 0.2) is 0 Å². The molecule has 1 fully saturated rings. The van der Waals surface area contributed by atoms with Crippen LogP contribution in [0.5, 0.6) is 5.88 Å². The number of aromatic nitrogens is 5. The summed E-state index contributed by atoms with van der Waals surface area (Å²) in [6.07, 6.45) is 10.3. The molecular weight excluding hydrogens is 324 g/mol. The predicted molar refractivity (Wildman–Crippen MR) is 84.7 cm³/mol. The van der Waals surface area contributed by atoms with Gasteiger partial charge in [-0.3, -0.25) is 9.78 Å². The minimum atomic E-state index is -0.0254. The highest BCUT2D eigenvalue weighted by molar-refractivity contribution is 5.94. The van der Waals surface area contributed by atoms with Crippen LogP contribution < -0.4 is 4.74 Å². The van der Waals surface area contributed by atoms with Crippen LogP contribution >= 0.6 is 0 Å². The number of furan rings is 1. The number of carbonyl (C=O) groups is 1. The molecule has 25 heavy (non-hydrogen) atoms. The average molecular weight is 340 g/mol. The number of hydrogen-bond donors (Lipinski definition) is 0. The van der Waals surface area contributed by atoms with E-state index in [1.54, 1.807) is 34.2 Å². The summed E-state index contributed by atoms with van der Waals surface area (Å²) in [4.78, 5) is 22.1. The van der Waals surface area contributed by atoms with E-state index in [0.717, 1.165) is 6.42 Å². The Bertz CT molecular complexity index is 833. The summed E-state index contributed by atoms with van der Waals surface area (Å²) in [6, 6.07) is 1.78. The zero-order valence-electron chi connectivity index (χ0n) is 13.4. The van der Waals surface area contributed by atoms with Crippen LogP contribution in [0.3, 0.4) is 0 Å². The minimum Gasteiger partial charge on any atom is -0.472 e. The van der Waals surface area contributed by atoms with Gasteiger partial charge in [-0.2, -0.15) is 0 Å². The van der Waals surface area contributed by atoms with E-state index >= 15 is 0 Å². The molecule has 9 nitrogen and oxygen atoms in total. The van der Waals surface area contributed by atoms with Gasteiger partial charge >= 0.3 is 0 Å². The standard InChI is InChI=1S/C16H16N6O3/c23-16(12-2-6-24-10-12)21-5-1-14(9-21)22-8-13(19-20-22)11-25-15-7-17-3-4-18-15/h2-4,6-8,10,14H,1,5,9,11H2. The zero-order valence-corrected chi connectivity index (χ0v) is 13.4. The van der Waals surface area contributed by atoms with Crippen LogP contribution in [-0.4, -0.2) is 48.9 Å². The van der Waals surface area contributed by atoms with Crippen molar-refractivity contribution in [1.29, 1.82) is 0 Å². The molecule has 3 aromatic rings. The highest BCUT2D eigenvalue weighted by atomic mass is 16.5. The lowest BCUT2D eigenvalue weighted by atomic mass is 10.3. The maximum absolute atomic E-state index is 12.3. The van der Waals surface area contributed by atoms with Crippen molar-refractivity contribution in [2.24, 2.45) is 0 Å². The van der Waals surface area contributed by atoms with Gasteiger partial charge in [0.2, 0.25) is 5.88 Å². The average Bonchev–Trinajstić information content (AvgIpc) is 3.41. The molecule has 1 aliphatic rings. The molecule has 1 amide bonds. The van der Waals surface area contributed by atoms with E-state index < -0.39 is 0 Å². The van der Waals surface area contributed by atoms with Crippen LogP contribution in [0.15, 0.2) is 47.8 Å². The smallest absolute Gasteiger partial charge is 0.257 e. The van der Waals surface area contributed by atoms with Gasteiger partial charge < -0.3 is 14.1 Å². The second kappa shape index (κ2) is 6.71. The number of rotatable bonds is 5.